The predicted octanol–water partition coefficient (Wildman–Crippen LogP) is 4.06. The summed E-state index contributed by atoms with van der Waals surface area (Å²) in [5.41, 5.74) is 0. The van der Waals surface area contributed by atoms with Crippen LogP contribution < -0.4 is 0 Å². The van der Waals surface area contributed by atoms with Crippen LogP contribution in [0.25, 0.3) is 0 Å². The average molecular weight is 759 g/mol. The first kappa shape index (κ1) is 36.5. The summed E-state index contributed by atoms with van der Waals surface area (Å²) in [4.78, 5) is 11.4. The van der Waals surface area contributed by atoms with Crippen LogP contribution in [0.4, 0.5) is 0 Å². The van der Waals surface area contributed by atoms with Crippen LogP contribution in [0.3, 0.4) is 0 Å². The van der Waals surface area contributed by atoms with Crippen molar-refractivity contribution in [3.63, 3.8) is 0 Å². The number of H-pyrrole nitrogens is 4. The van der Waals surface area contributed by atoms with Crippen LogP contribution in [0.5, 0.6) is 0 Å². The number of aryl methyl sites for hydroxylation is 4. The molecule has 4 aromatic rings. The summed E-state index contributed by atoms with van der Waals surface area (Å²) in [6, 6.07) is 0. The molecule has 0 radical (unpaired) electrons. The quantitative estimate of drug-likeness (QED) is 0.201. The molecule has 0 aliphatic carbocycles. The summed E-state index contributed by atoms with van der Waals surface area (Å²) in [6.45, 7) is 0. The molecule has 10 nitrogen and oxygen atoms in total. The van der Waals surface area contributed by atoms with Crippen LogP contribution in [0.1, 0.15) is 0 Å². The van der Waals surface area contributed by atoms with E-state index < -0.39 is 16.5 Å². The van der Waals surface area contributed by atoms with E-state index >= 15 is 0 Å². The van der Waals surface area contributed by atoms with E-state index in [0.29, 0.717) is 0 Å². The first-order valence-corrected chi connectivity index (χ1v) is 15.5. The van der Waals surface area contributed by atoms with Crippen molar-refractivity contribution in [1.29, 1.82) is 0 Å². The molecule has 0 unspecified atom stereocenters. The maximum atomic E-state index is 4.88. The number of nitrogens with one attached hydrogen (secondary N) is 4. The van der Waals surface area contributed by atoms with Gasteiger partial charge in [0.2, 0.25) is 0 Å². The summed E-state index contributed by atoms with van der Waals surface area (Å²) in [7, 11) is 17.4. The fourth-order valence-electron chi connectivity index (χ4n) is 1.56. The Morgan fingerprint density at radius 3 is 0.727 bits per heavy atom. The molecular formula is C16H28Cl2N8O2PtS4. The second-order valence-corrected chi connectivity index (χ2v) is 10.4. The van der Waals surface area contributed by atoms with E-state index in [9.17, 15) is 0 Å². The van der Waals surface area contributed by atoms with Gasteiger partial charge in [-0.25, -0.2) is 0 Å². The van der Waals surface area contributed by atoms with Gasteiger partial charge in [-0.2, -0.15) is 0 Å². The summed E-state index contributed by atoms with van der Waals surface area (Å²) >= 11 is 18.7. The molecule has 0 spiro atoms. The second kappa shape index (κ2) is 21.4. The van der Waals surface area contributed by atoms with Gasteiger partial charge in [0, 0.05) is 77.8 Å². The van der Waals surface area contributed by atoms with Gasteiger partial charge in [0.1, 0.15) is 0 Å². The molecule has 4 rings (SSSR count). The van der Waals surface area contributed by atoms with Gasteiger partial charge in [0.15, 0.2) is 19.1 Å². The zero-order chi connectivity index (χ0) is 23.8. The molecule has 0 aliphatic heterocycles. The first-order chi connectivity index (χ1) is 14.6. The van der Waals surface area contributed by atoms with Gasteiger partial charge in [0.05, 0.1) is 0 Å². The Morgan fingerprint density at radius 1 is 0.545 bits per heavy atom. The second-order valence-electron chi connectivity index (χ2n) is 5.55. The Balaban J connectivity index is -0.000000343. The summed E-state index contributed by atoms with van der Waals surface area (Å²) < 4.78 is 10.4. The summed E-state index contributed by atoms with van der Waals surface area (Å²) in [6.07, 6.45) is 14.7. The van der Waals surface area contributed by atoms with E-state index in [1.54, 1.807) is 0 Å². The first-order valence-electron chi connectivity index (χ1n) is 8.26. The van der Waals surface area contributed by atoms with Gasteiger partial charge in [-0.15, -0.1) is 0 Å². The van der Waals surface area contributed by atoms with Crippen LogP contribution >= 0.6 is 67.7 Å². The molecule has 0 amide bonds. The number of hydrogen-bond donors (Lipinski definition) is 4. The molecule has 0 aromatic carbocycles. The molecule has 192 valence electrons. The fourth-order valence-corrected chi connectivity index (χ4v) is 2.08. The van der Waals surface area contributed by atoms with Crippen molar-refractivity contribution >= 4 is 67.7 Å². The van der Waals surface area contributed by atoms with Gasteiger partial charge in [-0.05, 0) is 48.9 Å². The van der Waals surface area contributed by atoms with E-state index in [4.69, 9.17) is 67.7 Å². The third-order valence-electron chi connectivity index (χ3n) is 3.30. The maximum absolute atomic E-state index is 4.88. The van der Waals surface area contributed by atoms with Gasteiger partial charge in [-0.1, -0.05) is 0 Å². The number of aromatic nitrogens is 8. The normalized spacial score (nSPS) is 8.55. The Bertz CT molecular complexity index is 1020. The zero-order valence-corrected chi connectivity index (χ0v) is 25.2. The molecule has 0 aliphatic rings. The molecule has 33 heavy (non-hydrogen) atoms. The average Bonchev–Trinajstić information content (AvgIpc) is 3.49. The van der Waals surface area contributed by atoms with Crippen LogP contribution in [0.2, 0.25) is 0 Å². The standard InChI is InChI=1S/4C4H6N2S.2ClH.2H2O.Pt/c4*1-6-3-2-5-4(6)7;;;;;/h4*2-3H,1H3,(H,5,7);2*1H;2*1H2;/q;;;;;;;;+2/p-2. The molecule has 8 N–H and O–H groups in total. The monoisotopic (exact) mass is 757 g/mol. The van der Waals surface area contributed by atoms with Gasteiger partial charge >= 0.3 is 35.3 Å². The zero-order valence-electron chi connectivity index (χ0n) is 18.1. The minimum absolute atomic E-state index is 0. The molecule has 4 heterocycles. The van der Waals surface area contributed by atoms with Crippen molar-refractivity contribution in [2.45, 2.75) is 0 Å². The summed E-state index contributed by atoms with van der Waals surface area (Å²) in [5, 5.41) is 0. The molecule has 0 saturated heterocycles. The minimum atomic E-state index is -0.472. The molecule has 0 bridgehead atoms. The van der Waals surface area contributed by atoms with E-state index in [2.05, 4.69) is 19.9 Å². The molecule has 17 heteroatoms. The molecule has 0 saturated carbocycles. The number of rotatable bonds is 0. The van der Waals surface area contributed by atoms with Crippen molar-refractivity contribution in [2.24, 2.45) is 28.2 Å². The number of imidazole rings is 4. The van der Waals surface area contributed by atoms with E-state index in [0.717, 1.165) is 19.1 Å². The van der Waals surface area contributed by atoms with Crippen molar-refractivity contribution in [3.8, 4) is 0 Å². The van der Waals surface area contributed by atoms with Crippen LogP contribution in [-0.2, 0) is 44.7 Å². The van der Waals surface area contributed by atoms with Gasteiger partial charge in [0.25, 0.3) is 0 Å². The van der Waals surface area contributed by atoms with E-state index in [-0.39, 0.29) is 11.0 Å². The van der Waals surface area contributed by atoms with Crippen molar-refractivity contribution in [2.75, 3.05) is 0 Å². The van der Waals surface area contributed by atoms with Crippen LogP contribution in [0, 0.1) is 19.1 Å². The predicted molar refractivity (Wildman–Crippen MR) is 141 cm³/mol. The number of aromatic amines is 4. The van der Waals surface area contributed by atoms with Crippen molar-refractivity contribution in [1.82, 2.24) is 38.2 Å². The molecule has 0 atom stereocenters. The molecule has 4 aromatic heterocycles. The third-order valence-corrected chi connectivity index (χ3v) is 4.92. The Hall–Kier alpha value is -1.09. The number of hydrogen-bond acceptors (Lipinski definition) is 4. The number of nitrogens with zero attached hydrogens (tertiary/aromatic N) is 4. The third kappa shape index (κ3) is 17.1. The van der Waals surface area contributed by atoms with Gasteiger partial charge in [-0.3, -0.25) is 0 Å². The fraction of sp³-hybridized carbons (Fsp3) is 0.250. The summed E-state index contributed by atoms with van der Waals surface area (Å²) in [5.74, 6) is 0. The topological polar surface area (TPSA) is 146 Å². The SMILES string of the molecule is Cn1cc[nH]c1=S.Cn1cc[nH]c1=S.Cn1cc[nH]c1=S.Cn1cc[nH]c1=S.O.O.[Cl][Pt][Cl]. The molecule has 0 fully saturated rings. The van der Waals surface area contributed by atoms with Crippen LogP contribution in [-0.4, -0.2) is 49.2 Å². The molecular weight excluding hydrogens is 730 g/mol. The Morgan fingerprint density at radius 2 is 0.697 bits per heavy atom. The van der Waals surface area contributed by atoms with Crippen molar-refractivity contribution in [3.05, 3.63) is 68.7 Å². The Labute approximate surface area is 228 Å². The van der Waals surface area contributed by atoms with E-state index in [1.807, 2.05) is 96.0 Å². The van der Waals surface area contributed by atoms with Crippen molar-refractivity contribution < 1.29 is 27.4 Å². The van der Waals surface area contributed by atoms with Crippen LogP contribution in [0.15, 0.2) is 49.6 Å². The Kier molecular flexibility index (Phi) is 23.7. The van der Waals surface area contributed by atoms with E-state index in [1.165, 1.54) is 0 Å². The van der Waals surface area contributed by atoms with Gasteiger partial charge < -0.3 is 49.2 Å². The number of halogens is 2.